The normalized spacial score (nSPS) is 11.2. The van der Waals surface area contributed by atoms with Gasteiger partial charge in [-0.3, -0.25) is 4.79 Å². The molecule has 0 aliphatic carbocycles. The van der Waals surface area contributed by atoms with Crippen molar-refractivity contribution in [3.63, 3.8) is 0 Å². The predicted octanol–water partition coefficient (Wildman–Crippen LogP) is 1.26. The van der Waals surface area contributed by atoms with Gasteiger partial charge in [0.25, 0.3) is 5.91 Å². The number of carbonyl (C=O) groups excluding carboxylic acids is 1. The number of halogens is 1. The van der Waals surface area contributed by atoms with E-state index in [-0.39, 0.29) is 23.2 Å². The molecule has 0 atom stereocenters. The smallest absolute Gasteiger partial charge is 0.260 e. The van der Waals surface area contributed by atoms with Crippen LogP contribution < -0.4 is 9.88 Å². The fourth-order valence-corrected chi connectivity index (χ4v) is 3.01. The Morgan fingerprint density at radius 3 is 2.55 bits per heavy atom. The lowest BCUT2D eigenvalue weighted by Gasteiger charge is -2.17. The van der Waals surface area contributed by atoms with E-state index >= 15 is 0 Å². The molecular formula is C12H17BrN2O4S. The number of hydrogen-bond acceptors (Lipinski definition) is 4. The van der Waals surface area contributed by atoms with Crippen LogP contribution in [-0.2, 0) is 14.8 Å². The summed E-state index contributed by atoms with van der Waals surface area (Å²) in [6.45, 7) is 3.82. The van der Waals surface area contributed by atoms with E-state index in [1.165, 1.54) is 11.0 Å². The lowest BCUT2D eigenvalue weighted by atomic mass is 10.2. The molecular weight excluding hydrogens is 348 g/mol. The summed E-state index contributed by atoms with van der Waals surface area (Å²) in [5.41, 5.74) is 0.579. The topological polar surface area (TPSA) is 89.7 Å². The fraction of sp³-hybridized carbons (Fsp3) is 0.417. The molecule has 0 spiro atoms. The molecule has 2 N–H and O–H groups in total. The van der Waals surface area contributed by atoms with E-state index in [1.54, 1.807) is 20.0 Å². The zero-order valence-corrected chi connectivity index (χ0v) is 13.9. The molecule has 0 bridgehead atoms. The number of primary sulfonamides is 1. The van der Waals surface area contributed by atoms with Crippen molar-refractivity contribution in [3.05, 3.63) is 22.2 Å². The van der Waals surface area contributed by atoms with E-state index in [4.69, 9.17) is 9.88 Å². The van der Waals surface area contributed by atoms with Crippen LogP contribution in [0, 0.1) is 6.92 Å². The van der Waals surface area contributed by atoms with Gasteiger partial charge in [-0.15, -0.1) is 0 Å². The highest BCUT2D eigenvalue weighted by atomic mass is 79.9. The van der Waals surface area contributed by atoms with Crippen molar-refractivity contribution >= 4 is 31.9 Å². The summed E-state index contributed by atoms with van der Waals surface area (Å²) in [4.78, 5) is 13.0. The molecule has 112 valence electrons. The largest absolute Gasteiger partial charge is 0.482 e. The molecule has 1 rings (SSSR count). The molecule has 0 aromatic heterocycles. The highest BCUT2D eigenvalue weighted by molar-refractivity contribution is 9.10. The molecule has 0 saturated heterocycles. The number of rotatable bonds is 5. The third kappa shape index (κ3) is 4.19. The zero-order valence-electron chi connectivity index (χ0n) is 11.5. The molecule has 0 unspecified atom stereocenters. The Morgan fingerprint density at radius 2 is 2.05 bits per heavy atom. The Kier molecular flexibility index (Phi) is 5.55. The zero-order chi connectivity index (χ0) is 15.5. The summed E-state index contributed by atoms with van der Waals surface area (Å²) >= 11 is 3.20. The number of sulfonamides is 1. The molecule has 0 aliphatic rings. The van der Waals surface area contributed by atoms with Gasteiger partial charge in [0.05, 0.1) is 0 Å². The van der Waals surface area contributed by atoms with Crippen molar-refractivity contribution in [2.75, 3.05) is 20.2 Å². The summed E-state index contributed by atoms with van der Waals surface area (Å²) in [6.07, 6.45) is 0. The maximum Gasteiger partial charge on any atom is 0.260 e. The number of carbonyl (C=O) groups is 1. The van der Waals surface area contributed by atoms with Crippen molar-refractivity contribution in [1.29, 1.82) is 0 Å². The van der Waals surface area contributed by atoms with Crippen LogP contribution in [0.4, 0.5) is 0 Å². The Labute approximate surface area is 127 Å². The van der Waals surface area contributed by atoms with E-state index in [2.05, 4.69) is 15.9 Å². The first-order chi connectivity index (χ1) is 9.16. The van der Waals surface area contributed by atoms with Gasteiger partial charge in [0, 0.05) is 18.1 Å². The van der Waals surface area contributed by atoms with Gasteiger partial charge in [0.15, 0.2) is 6.61 Å². The number of nitrogens with zero attached hydrogens (tertiary/aromatic N) is 1. The molecule has 0 saturated carbocycles. The number of amides is 1. The van der Waals surface area contributed by atoms with E-state index in [0.717, 1.165) is 0 Å². The molecule has 0 fully saturated rings. The van der Waals surface area contributed by atoms with Gasteiger partial charge in [-0.2, -0.15) is 0 Å². The minimum Gasteiger partial charge on any atom is -0.482 e. The van der Waals surface area contributed by atoms with Crippen molar-refractivity contribution < 1.29 is 17.9 Å². The van der Waals surface area contributed by atoms with Gasteiger partial charge in [-0.25, -0.2) is 13.6 Å². The van der Waals surface area contributed by atoms with Gasteiger partial charge in [-0.1, -0.05) is 15.9 Å². The molecule has 0 aliphatic heterocycles. The van der Waals surface area contributed by atoms with Crippen LogP contribution in [0.25, 0.3) is 0 Å². The van der Waals surface area contributed by atoms with E-state index < -0.39 is 10.0 Å². The Hall–Kier alpha value is -1.12. The second-order valence-electron chi connectivity index (χ2n) is 4.29. The number of hydrogen-bond donors (Lipinski definition) is 1. The number of aryl methyl sites for hydroxylation is 1. The van der Waals surface area contributed by atoms with E-state index in [1.807, 2.05) is 6.92 Å². The monoisotopic (exact) mass is 364 g/mol. The predicted molar refractivity (Wildman–Crippen MR) is 79.1 cm³/mol. The van der Waals surface area contributed by atoms with E-state index in [9.17, 15) is 13.2 Å². The molecule has 1 amide bonds. The van der Waals surface area contributed by atoms with Crippen molar-refractivity contribution in [2.45, 2.75) is 18.7 Å². The maximum absolute atomic E-state index is 11.7. The molecule has 6 nitrogen and oxygen atoms in total. The van der Waals surface area contributed by atoms with Crippen molar-refractivity contribution in [3.8, 4) is 5.75 Å². The van der Waals surface area contributed by atoms with Gasteiger partial charge in [-0.05, 0) is 31.5 Å². The highest BCUT2D eigenvalue weighted by Gasteiger charge is 2.20. The van der Waals surface area contributed by atoms with Gasteiger partial charge < -0.3 is 9.64 Å². The second-order valence-corrected chi connectivity index (χ2v) is 6.74. The summed E-state index contributed by atoms with van der Waals surface area (Å²) in [5.74, 6) is -0.135. The van der Waals surface area contributed by atoms with Crippen LogP contribution in [-0.4, -0.2) is 39.4 Å². The Morgan fingerprint density at radius 1 is 1.45 bits per heavy atom. The average molecular weight is 365 g/mol. The fourth-order valence-electron chi connectivity index (χ4n) is 1.52. The van der Waals surface area contributed by atoms with E-state index in [0.29, 0.717) is 16.6 Å². The van der Waals surface area contributed by atoms with Crippen molar-refractivity contribution in [2.24, 2.45) is 5.14 Å². The minimum atomic E-state index is -3.93. The third-order valence-corrected chi connectivity index (χ3v) is 4.13. The van der Waals surface area contributed by atoms with Crippen LogP contribution >= 0.6 is 15.9 Å². The summed E-state index contributed by atoms with van der Waals surface area (Å²) in [7, 11) is -2.29. The SMILES string of the molecule is CCN(C)C(=O)COc1c(C)cc(Br)cc1S(N)(=O)=O. The number of benzene rings is 1. The lowest BCUT2D eigenvalue weighted by Crippen LogP contribution is -2.31. The van der Waals surface area contributed by atoms with Crippen LogP contribution in [0.1, 0.15) is 12.5 Å². The minimum absolute atomic E-state index is 0.105. The summed E-state index contributed by atoms with van der Waals surface area (Å²) in [6, 6.07) is 3.05. The number of ether oxygens (including phenoxy) is 1. The van der Waals surface area contributed by atoms with Crippen molar-refractivity contribution in [1.82, 2.24) is 4.90 Å². The average Bonchev–Trinajstić information content (AvgIpc) is 2.34. The summed E-state index contributed by atoms with van der Waals surface area (Å²) in [5, 5.41) is 5.16. The molecule has 1 aromatic rings. The number of likely N-dealkylation sites (N-methyl/N-ethyl adjacent to an activating group) is 1. The first-order valence-corrected chi connectivity index (χ1v) is 8.20. The number of nitrogens with two attached hydrogens (primary N) is 1. The lowest BCUT2D eigenvalue weighted by molar-refractivity contribution is -0.131. The second kappa shape index (κ2) is 6.55. The van der Waals surface area contributed by atoms with Gasteiger partial charge in [0.2, 0.25) is 10.0 Å². The van der Waals surface area contributed by atoms with Crippen LogP contribution in [0.2, 0.25) is 0 Å². The third-order valence-electron chi connectivity index (χ3n) is 2.75. The molecule has 0 radical (unpaired) electrons. The standard InChI is InChI=1S/C12H17BrN2O4S/c1-4-15(3)11(16)7-19-12-8(2)5-9(13)6-10(12)20(14,17)18/h5-6H,4,7H2,1-3H3,(H2,14,17,18). The molecule has 20 heavy (non-hydrogen) atoms. The summed E-state index contributed by atoms with van der Waals surface area (Å²) < 4.78 is 29.1. The Bertz CT molecular complexity index is 616. The first kappa shape index (κ1) is 16.9. The van der Waals surface area contributed by atoms with Crippen LogP contribution in [0.3, 0.4) is 0 Å². The van der Waals surface area contributed by atoms with Crippen LogP contribution in [0.15, 0.2) is 21.5 Å². The quantitative estimate of drug-likeness (QED) is 0.851. The molecule has 8 heteroatoms. The van der Waals surface area contributed by atoms with Gasteiger partial charge in [0.1, 0.15) is 10.6 Å². The first-order valence-electron chi connectivity index (χ1n) is 5.86. The highest BCUT2D eigenvalue weighted by Crippen LogP contribution is 2.30. The Balaban J connectivity index is 3.09. The molecule has 0 heterocycles. The maximum atomic E-state index is 11.7. The van der Waals surface area contributed by atoms with Gasteiger partial charge >= 0.3 is 0 Å². The van der Waals surface area contributed by atoms with Crippen LogP contribution in [0.5, 0.6) is 5.75 Å². The molecule has 1 aromatic carbocycles.